The van der Waals surface area contributed by atoms with Crippen molar-refractivity contribution >= 4 is 6.09 Å². The molecule has 0 bridgehead atoms. The molecule has 0 N–H and O–H groups in total. The molecule has 0 spiro atoms. The second kappa shape index (κ2) is 5.70. The van der Waals surface area contributed by atoms with E-state index in [1.165, 1.54) is 11.1 Å². The molecule has 0 fully saturated rings. The quantitative estimate of drug-likeness (QED) is 0.798. The Balaban J connectivity index is 2.29. The van der Waals surface area contributed by atoms with Crippen LogP contribution in [0.5, 0.6) is 5.75 Å². The van der Waals surface area contributed by atoms with Crippen LogP contribution < -0.4 is 4.74 Å². The SMILES string of the molecule is CC(C)(C)OC(=O)N1Cc2ncccc2OC(C(C)(F)F)C1. The summed E-state index contributed by atoms with van der Waals surface area (Å²) in [4.78, 5) is 17.5. The standard InChI is InChI=1S/C15H20F2N2O3/c1-14(2,3)22-13(20)19-8-10-11(6-5-7-18-10)21-12(9-19)15(4,16)17/h5-7,12H,8-9H2,1-4H3. The highest BCUT2D eigenvalue weighted by Crippen LogP contribution is 2.30. The molecule has 1 amide bonds. The van der Waals surface area contributed by atoms with E-state index >= 15 is 0 Å². The Morgan fingerprint density at radius 1 is 1.41 bits per heavy atom. The van der Waals surface area contributed by atoms with Gasteiger partial charge in [0.2, 0.25) is 0 Å². The highest BCUT2D eigenvalue weighted by atomic mass is 19.3. The lowest BCUT2D eigenvalue weighted by atomic mass is 10.2. The smallest absolute Gasteiger partial charge is 0.410 e. The summed E-state index contributed by atoms with van der Waals surface area (Å²) < 4.78 is 38.1. The van der Waals surface area contributed by atoms with E-state index in [-0.39, 0.29) is 18.8 Å². The van der Waals surface area contributed by atoms with Crippen LogP contribution in [0.25, 0.3) is 0 Å². The van der Waals surface area contributed by atoms with E-state index in [2.05, 4.69) is 4.98 Å². The van der Waals surface area contributed by atoms with Crippen molar-refractivity contribution < 1.29 is 23.0 Å². The first kappa shape index (κ1) is 16.5. The van der Waals surface area contributed by atoms with Crippen LogP contribution in [-0.4, -0.2) is 40.1 Å². The Kier molecular flexibility index (Phi) is 4.26. The molecule has 0 saturated carbocycles. The molecular weight excluding hydrogens is 294 g/mol. The van der Waals surface area contributed by atoms with Gasteiger partial charge in [-0.15, -0.1) is 0 Å². The number of nitrogens with zero attached hydrogens (tertiary/aromatic N) is 2. The van der Waals surface area contributed by atoms with Crippen LogP contribution in [0.1, 0.15) is 33.4 Å². The molecule has 7 heteroatoms. The average molecular weight is 314 g/mol. The van der Waals surface area contributed by atoms with Crippen LogP contribution in [0.3, 0.4) is 0 Å². The maximum absolute atomic E-state index is 13.7. The third-order valence-electron chi connectivity index (χ3n) is 3.06. The van der Waals surface area contributed by atoms with Crippen molar-refractivity contribution in [1.82, 2.24) is 9.88 Å². The van der Waals surface area contributed by atoms with Crippen LogP contribution in [-0.2, 0) is 11.3 Å². The van der Waals surface area contributed by atoms with Crippen LogP contribution in [0, 0.1) is 0 Å². The summed E-state index contributed by atoms with van der Waals surface area (Å²) in [6.07, 6.45) is -0.589. The van der Waals surface area contributed by atoms with E-state index < -0.39 is 23.7 Å². The fourth-order valence-corrected chi connectivity index (χ4v) is 2.01. The maximum Gasteiger partial charge on any atom is 0.410 e. The molecule has 1 unspecified atom stereocenters. The van der Waals surface area contributed by atoms with Gasteiger partial charge in [0, 0.05) is 13.1 Å². The highest BCUT2D eigenvalue weighted by Gasteiger charge is 2.41. The summed E-state index contributed by atoms with van der Waals surface area (Å²) in [5.41, 5.74) is -0.276. The minimum atomic E-state index is -3.10. The Bertz CT molecular complexity index is 552. The van der Waals surface area contributed by atoms with Gasteiger partial charge in [-0.1, -0.05) is 0 Å². The molecule has 1 aliphatic rings. The van der Waals surface area contributed by atoms with Gasteiger partial charge in [0.15, 0.2) is 6.10 Å². The minimum absolute atomic E-state index is 0.0671. The van der Waals surface area contributed by atoms with Gasteiger partial charge in [-0.25, -0.2) is 13.6 Å². The predicted molar refractivity (Wildman–Crippen MR) is 75.9 cm³/mol. The van der Waals surface area contributed by atoms with E-state index in [9.17, 15) is 13.6 Å². The van der Waals surface area contributed by atoms with E-state index in [0.29, 0.717) is 5.69 Å². The third kappa shape index (κ3) is 4.05. The summed E-state index contributed by atoms with van der Waals surface area (Å²) in [6, 6.07) is 3.17. The number of rotatable bonds is 1. The molecular formula is C15H20F2N2O3. The number of aromatic nitrogens is 1. The van der Waals surface area contributed by atoms with Crippen LogP contribution in [0.2, 0.25) is 0 Å². The third-order valence-corrected chi connectivity index (χ3v) is 3.06. The van der Waals surface area contributed by atoms with Crippen LogP contribution in [0.15, 0.2) is 18.3 Å². The van der Waals surface area contributed by atoms with Crippen molar-refractivity contribution in [2.75, 3.05) is 6.54 Å². The van der Waals surface area contributed by atoms with Gasteiger partial charge < -0.3 is 9.47 Å². The zero-order valence-corrected chi connectivity index (χ0v) is 13.1. The number of pyridine rings is 1. The molecule has 22 heavy (non-hydrogen) atoms. The number of alkyl halides is 2. The van der Waals surface area contributed by atoms with Gasteiger partial charge in [0.1, 0.15) is 17.0 Å². The Morgan fingerprint density at radius 3 is 2.68 bits per heavy atom. The molecule has 2 heterocycles. The van der Waals surface area contributed by atoms with Gasteiger partial charge in [-0.2, -0.15) is 0 Å². The zero-order chi connectivity index (χ0) is 16.5. The van der Waals surface area contributed by atoms with E-state index in [1.807, 2.05) is 0 Å². The molecule has 1 aliphatic heterocycles. The lowest BCUT2D eigenvalue weighted by molar-refractivity contribution is -0.0880. The number of ether oxygens (including phenoxy) is 2. The predicted octanol–water partition coefficient (Wildman–Crippen LogP) is 3.23. The first-order valence-electron chi connectivity index (χ1n) is 7.02. The molecule has 0 saturated heterocycles. The number of amides is 1. The second-order valence-electron chi connectivity index (χ2n) is 6.37. The molecule has 1 atom stereocenters. The van der Waals surface area contributed by atoms with Gasteiger partial charge in [0.25, 0.3) is 5.92 Å². The monoisotopic (exact) mass is 314 g/mol. The highest BCUT2D eigenvalue weighted by molar-refractivity contribution is 5.68. The summed E-state index contributed by atoms with van der Waals surface area (Å²) in [7, 11) is 0. The number of hydrogen-bond donors (Lipinski definition) is 0. The Morgan fingerprint density at radius 2 is 2.09 bits per heavy atom. The molecule has 5 nitrogen and oxygen atoms in total. The summed E-state index contributed by atoms with van der Waals surface area (Å²) >= 11 is 0. The van der Waals surface area contributed by atoms with Crippen molar-refractivity contribution in [3.63, 3.8) is 0 Å². The Labute approximate surface area is 128 Å². The molecule has 0 aliphatic carbocycles. The lowest BCUT2D eigenvalue weighted by Gasteiger charge is -2.29. The fourth-order valence-electron chi connectivity index (χ4n) is 2.01. The fraction of sp³-hybridized carbons (Fsp3) is 0.600. The first-order chi connectivity index (χ1) is 10.1. The second-order valence-corrected chi connectivity index (χ2v) is 6.37. The van der Waals surface area contributed by atoms with E-state index in [0.717, 1.165) is 6.92 Å². The molecule has 0 aromatic carbocycles. The van der Waals surface area contributed by atoms with Crippen molar-refractivity contribution in [2.24, 2.45) is 0 Å². The molecule has 0 radical (unpaired) electrons. The summed E-state index contributed by atoms with van der Waals surface area (Å²) in [5, 5.41) is 0. The van der Waals surface area contributed by atoms with E-state index in [4.69, 9.17) is 9.47 Å². The van der Waals surface area contributed by atoms with Crippen molar-refractivity contribution in [3.05, 3.63) is 24.0 Å². The van der Waals surface area contributed by atoms with Gasteiger partial charge >= 0.3 is 6.09 Å². The van der Waals surface area contributed by atoms with Gasteiger partial charge in [-0.05, 0) is 32.9 Å². The van der Waals surface area contributed by atoms with E-state index in [1.54, 1.807) is 32.9 Å². The number of carbonyl (C=O) groups is 1. The number of carbonyl (C=O) groups excluding carboxylic acids is 1. The zero-order valence-electron chi connectivity index (χ0n) is 13.1. The number of halogens is 2. The summed E-state index contributed by atoms with van der Waals surface area (Å²) in [6.45, 7) is 5.73. The number of fused-ring (bicyclic) bond motifs is 1. The molecule has 1 aromatic heterocycles. The number of hydrogen-bond acceptors (Lipinski definition) is 4. The van der Waals surface area contributed by atoms with Crippen LogP contribution >= 0.6 is 0 Å². The van der Waals surface area contributed by atoms with Crippen molar-refractivity contribution in [2.45, 2.75) is 51.9 Å². The van der Waals surface area contributed by atoms with Crippen LogP contribution in [0.4, 0.5) is 13.6 Å². The van der Waals surface area contributed by atoms with Crippen molar-refractivity contribution in [3.8, 4) is 5.75 Å². The average Bonchev–Trinajstić information content (AvgIpc) is 2.55. The molecule has 2 rings (SSSR count). The molecule has 1 aromatic rings. The topological polar surface area (TPSA) is 51.7 Å². The van der Waals surface area contributed by atoms with Crippen molar-refractivity contribution in [1.29, 1.82) is 0 Å². The molecule has 122 valence electrons. The maximum atomic E-state index is 13.7. The lowest BCUT2D eigenvalue weighted by Crippen LogP contribution is -2.46. The largest absolute Gasteiger partial charge is 0.480 e. The van der Waals surface area contributed by atoms with Gasteiger partial charge in [0.05, 0.1) is 13.1 Å². The van der Waals surface area contributed by atoms with Gasteiger partial charge in [-0.3, -0.25) is 9.88 Å². The minimum Gasteiger partial charge on any atom is -0.480 e. The normalized spacial score (nSPS) is 19.0. The summed E-state index contributed by atoms with van der Waals surface area (Å²) in [5.74, 6) is -2.84. The Hall–Kier alpha value is -1.92. The first-order valence-corrected chi connectivity index (χ1v) is 7.02.